The number of anilines is 1. The lowest BCUT2D eigenvalue weighted by molar-refractivity contribution is -0.119. The van der Waals surface area contributed by atoms with E-state index in [9.17, 15) is 18.0 Å². The molecule has 2 aromatic rings. The minimum atomic E-state index is -3.52. The molecule has 0 aliphatic rings. The van der Waals surface area contributed by atoms with Crippen molar-refractivity contribution >= 4 is 27.4 Å². The number of benzene rings is 2. The summed E-state index contributed by atoms with van der Waals surface area (Å²) in [7, 11) is -2.04. The van der Waals surface area contributed by atoms with Gasteiger partial charge >= 0.3 is 5.97 Å². The Balaban J connectivity index is 2.04. The predicted molar refractivity (Wildman–Crippen MR) is 103 cm³/mol. The first-order chi connectivity index (χ1) is 13.3. The second-order valence-corrected chi connectivity index (χ2v) is 7.68. The van der Waals surface area contributed by atoms with Crippen molar-refractivity contribution in [1.82, 2.24) is 0 Å². The molecule has 8 nitrogen and oxygen atoms in total. The SMILES string of the molecule is CCOc1cc(C(=O)OCC(=O)Nc2ccccc2S(C)(=O)=O)ccc1OC. The van der Waals surface area contributed by atoms with Crippen molar-refractivity contribution in [3.8, 4) is 11.5 Å². The molecule has 0 saturated carbocycles. The zero-order chi connectivity index (χ0) is 20.7. The Morgan fingerprint density at radius 3 is 2.43 bits per heavy atom. The molecule has 0 spiro atoms. The second-order valence-electron chi connectivity index (χ2n) is 5.69. The van der Waals surface area contributed by atoms with Crippen molar-refractivity contribution in [2.24, 2.45) is 0 Å². The lowest BCUT2D eigenvalue weighted by atomic mass is 10.2. The van der Waals surface area contributed by atoms with E-state index >= 15 is 0 Å². The van der Waals surface area contributed by atoms with Gasteiger partial charge in [-0.25, -0.2) is 13.2 Å². The van der Waals surface area contributed by atoms with Gasteiger partial charge in [0, 0.05) is 6.26 Å². The summed E-state index contributed by atoms with van der Waals surface area (Å²) in [5, 5.41) is 2.43. The van der Waals surface area contributed by atoms with Gasteiger partial charge in [0.25, 0.3) is 5.91 Å². The van der Waals surface area contributed by atoms with E-state index in [4.69, 9.17) is 14.2 Å². The first-order valence-corrected chi connectivity index (χ1v) is 10.2. The van der Waals surface area contributed by atoms with Crippen LogP contribution in [0.3, 0.4) is 0 Å². The fraction of sp³-hybridized carbons (Fsp3) is 0.263. The zero-order valence-electron chi connectivity index (χ0n) is 15.7. The monoisotopic (exact) mass is 407 g/mol. The van der Waals surface area contributed by atoms with Crippen LogP contribution in [0.1, 0.15) is 17.3 Å². The van der Waals surface area contributed by atoms with Crippen LogP contribution in [0.15, 0.2) is 47.4 Å². The molecule has 2 aromatic carbocycles. The molecule has 0 fully saturated rings. The molecule has 1 amide bonds. The number of methoxy groups -OCH3 is 1. The molecule has 9 heteroatoms. The van der Waals surface area contributed by atoms with Crippen LogP contribution in [-0.2, 0) is 19.4 Å². The maximum atomic E-state index is 12.2. The van der Waals surface area contributed by atoms with Crippen molar-refractivity contribution in [1.29, 1.82) is 0 Å². The number of hydrogen-bond acceptors (Lipinski definition) is 7. The number of esters is 1. The third-order valence-electron chi connectivity index (χ3n) is 3.59. The second kappa shape index (κ2) is 9.23. The number of nitrogens with one attached hydrogen (secondary N) is 1. The predicted octanol–water partition coefficient (Wildman–Crippen LogP) is 2.29. The molecule has 0 heterocycles. The molecular weight excluding hydrogens is 386 g/mol. The van der Waals surface area contributed by atoms with Crippen molar-refractivity contribution in [2.45, 2.75) is 11.8 Å². The standard InChI is InChI=1S/C19H21NO7S/c1-4-26-16-11-13(9-10-15(16)25-2)19(22)27-12-18(21)20-14-7-5-6-8-17(14)28(3,23)24/h5-11H,4,12H2,1-3H3,(H,20,21). The molecule has 0 radical (unpaired) electrons. The molecule has 0 aliphatic heterocycles. The molecule has 0 aliphatic carbocycles. The van der Waals surface area contributed by atoms with Crippen molar-refractivity contribution in [3.05, 3.63) is 48.0 Å². The van der Waals surface area contributed by atoms with Gasteiger partial charge in [-0.1, -0.05) is 12.1 Å². The fourth-order valence-corrected chi connectivity index (χ4v) is 3.21. The van der Waals surface area contributed by atoms with Crippen LogP contribution in [0.5, 0.6) is 11.5 Å². The van der Waals surface area contributed by atoms with Crippen LogP contribution < -0.4 is 14.8 Å². The average Bonchev–Trinajstić information content (AvgIpc) is 2.66. The van der Waals surface area contributed by atoms with E-state index in [1.54, 1.807) is 25.1 Å². The van der Waals surface area contributed by atoms with Crippen LogP contribution >= 0.6 is 0 Å². The largest absolute Gasteiger partial charge is 0.493 e. The number of ether oxygens (including phenoxy) is 3. The maximum absolute atomic E-state index is 12.2. The smallest absolute Gasteiger partial charge is 0.338 e. The number of carbonyl (C=O) groups excluding carboxylic acids is 2. The van der Waals surface area contributed by atoms with Gasteiger partial charge in [-0.3, -0.25) is 4.79 Å². The Kier molecular flexibility index (Phi) is 7.00. The van der Waals surface area contributed by atoms with Gasteiger partial charge in [-0.05, 0) is 37.3 Å². The molecule has 0 unspecified atom stereocenters. The Hall–Kier alpha value is -3.07. The molecule has 150 valence electrons. The van der Waals surface area contributed by atoms with Crippen LogP contribution in [-0.4, -0.2) is 46.9 Å². The van der Waals surface area contributed by atoms with Gasteiger partial charge in [0.15, 0.2) is 27.9 Å². The van der Waals surface area contributed by atoms with Crippen molar-refractivity contribution in [2.75, 3.05) is 31.9 Å². The third kappa shape index (κ3) is 5.46. The van der Waals surface area contributed by atoms with E-state index < -0.39 is 28.3 Å². The molecule has 0 atom stereocenters. The van der Waals surface area contributed by atoms with E-state index in [1.165, 1.54) is 31.4 Å². The number of hydrogen-bond donors (Lipinski definition) is 1. The van der Waals surface area contributed by atoms with Crippen molar-refractivity contribution in [3.63, 3.8) is 0 Å². The van der Waals surface area contributed by atoms with E-state index in [2.05, 4.69) is 5.32 Å². The van der Waals surface area contributed by atoms with Crippen LogP contribution in [0.2, 0.25) is 0 Å². The normalized spacial score (nSPS) is 10.8. The number of para-hydroxylation sites is 1. The van der Waals surface area contributed by atoms with Crippen LogP contribution in [0.25, 0.3) is 0 Å². The van der Waals surface area contributed by atoms with Crippen LogP contribution in [0.4, 0.5) is 5.69 Å². The molecule has 0 aromatic heterocycles. The summed E-state index contributed by atoms with van der Waals surface area (Å²) in [4.78, 5) is 24.2. The van der Waals surface area contributed by atoms with Gasteiger partial charge in [0.05, 0.1) is 29.9 Å². The zero-order valence-corrected chi connectivity index (χ0v) is 16.5. The van der Waals surface area contributed by atoms with Gasteiger partial charge in [-0.15, -0.1) is 0 Å². The number of amides is 1. The minimum absolute atomic E-state index is 0.0220. The van der Waals surface area contributed by atoms with E-state index in [1.807, 2.05) is 0 Å². The molecular formula is C19H21NO7S. The summed E-state index contributed by atoms with van der Waals surface area (Å²) in [6, 6.07) is 10.5. The first kappa shape index (κ1) is 21.2. The summed E-state index contributed by atoms with van der Waals surface area (Å²) < 4.78 is 39.1. The topological polar surface area (TPSA) is 108 Å². The summed E-state index contributed by atoms with van der Waals surface area (Å²) in [5.41, 5.74) is 0.308. The highest BCUT2D eigenvalue weighted by Gasteiger charge is 2.17. The Bertz CT molecular complexity index is 970. The van der Waals surface area contributed by atoms with Gasteiger partial charge in [0.2, 0.25) is 0 Å². The minimum Gasteiger partial charge on any atom is -0.493 e. The summed E-state index contributed by atoms with van der Waals surface area (Å²) in [6.45, 7) is 1.60. The highest BCUT2D eigenvalue weighted by Crippen LogP contribution is 2.28. The highest BCUT2D eigenvalue weighted by molar-refractivity contribution is 7.90. The summed E-state index contributed by atoms with van der Waals surface area (Å²) in [6.07, 6.45) is 1.04. The lowest BCUT2D eigenvalue weighted by Gasteiger charge is -2.12. The van der Waals surface area contributed by atoms with Gasteiger partial charge in [0.1, 0.15) is 0 Å². The quantitative estimate of drug-likeness (QED) is 0.669. The van der Waals surface area contributed by atoms with Crippen molar-refractivity contribution < 1.29 is 32.2 Å². The molecule has 0 bridgehead atoms. The average molecular weight is 407 g/mol. The Morgan fingerprint density at radius 1 is 1.07 bits per heavy atom. The van der Waals surface area contributed by atoms with E-state index in [0.29, 0.717) is 18.1 Å². The lowest BCUT2D eigenvalue weighted by Crippen LogP contribution is -2.22. The first-order valence-electron chi connectivity index (χ1n) is 8.33. The fourth-order valence-electron chi connectivity index (χ4n) is 2.37. The highest BCUT2D eigenvalue weighted by atomic mass is 32.2. The maximum Gasteiger partial charge on any atom is 0.338 e. The Morgan fingerprint density at radius 2 is 1.79 bits per heavy atom. The molecule has 28 heavy (non-hydrogen) atoms. The number of sulfone groups is 1. The molecule has 2 rings (SSSR count). The summed E-state index contributed by atoms with van der Waals surface area (Å²) >= 11 is 0. The van der Waals surface area contributed by atoms with Gasteiger partial charge < -0.3 is 19.5 Å². The number of rotatable bonds is 8. The summed E-state index contributed by atoms with van der Waals surface area (Å²) in [5.74, 6) is -0.544. The molecule has 1 N–H and O–H groups in total. The van der Waals surface area contributed by atoms with E-state index in [0.717, 1.165) is 6.26 Å². The third-order valence-corrected chi connectivity index (χ3v) is 4.75. The van der Waals surface area contributed by atoms with Crippen LogP contribution in [0, 0.1) is 0 Å². The Labute approximate surface area is 163 Å². The van der Waals surface area contributed by atoms with E-state index in [-0.39, 0.29) is 16.1 Å². The number of carbonyl (C=O) groups is 2. The van der Waals surface area contributed by atoms with Gasteiger partial charge in [-0.2, -0.15) is 0 Å². The molecule has 0 saturated heterocycles.